The van der Waals surface area contributed by atoms with E-state index < -0.39 is 0 Å². The van der Waals surface area contributed by atoms with Crippen LogP contribution in [0.2, 0.25) is 0 Å². The van der Waals surface area contributed by atoms with Crippen LogP contribution < -0.4 is 0 Å². The maximum absolute atomic E-state index is 11.6. The Labute approximate surface area is 81.3 Å². The zero-order valence-electron chi connectivity index (χ0n) is 9.10. The maximum atomic E-state index is 11.6. The standard InChI is InChI=1S/C11H21NO/c1-4-5-8-12-9-6-7-10(13)11(12,2)3/h4-9H2,1-3H3. The van der Waals surface area contributed by atoms with Gasteiger partial charge in [0.1, 0.15) is 0 Å². The van der Waals surface area contributed by atoms with Crippen molar-refractivity contribution in [2.45, 2.75) is 52.0 Å². The van der Waals surface area contributed by atoms with Crippen molar-refractivity contribution in [3.63, 3.8) is 0 Å². The van der Waals surface area contributed by atoms with Crippen LogP contribution in [0.1, 0.15) is 46.5 Å². The van der Waals surface area contributed by atoms with Crippen LogP contribution in [0.15, 0.2) is 0 Å². The molecule has 0 radical (unpaired) electrons. The van der Waals surface area contributed by atoms with Gasteiger partial charge in [-0.05, 0) is 39.8 Å². The van der Waals surface area contributed by atoms with Gasteiger partial charge in [-0.1, -0.05) is 13.3 Å². The van der Waals surface area contributed by atoms with Crippen LogP contribution in [0.25, 0.3) is 0 Å². The molecule has 0 aromatic carbocycles. The highest BCUT2D eigenvalue weighted by atomic mass is 16.1. The first kappa shape index (κ1) is 10.7. The average Bonchev–Trinajstić information content (AvgIpc) is 2.08. The van der Waals surface area contributed by atoms with Crippen LogP contribution in [-0.2, 0) is 4.79 Å². The van der Waals surface area contributed by atoms with E-state index in [1.165, 1.54) is 12.8 Å². The van der Waals surface area contributed by atoms with Crippen molar-refractivity contribution in [3.05, 3.63) is 0 Å². The van der Waals surface area contributed by atoms with Crippen LogP contribution in [-0.4, -0.2) is 29.3 Å². The number of carbonyl (C=O) groups is 1. The molecule has 1 heterocycles. The number of hydrogen-bond donors (Lipinski definition) is 0. The van der Waals surface area contributed by atoms with Crippen molar-refractivity contribution in [1.82, 2.24) is 4.90 Å². The van der Waals surface area contributed by atoms with Gasteiger partial charge in [-0.2, -0.15) is 0 Å². The van der Waals surface area contributed by atoms with Gasteiger partial charge < -0.3 is 0 Å². The molecule has 1 aliphatic rings. The third-order valence-corrected chi connectivity index (χ3v) is 3.09. The Balaban J connectivity index is 2.55. The molecule has 1 aliphatic heterocycles. The van der Waals surface area contributed by atoms with Crippen LogP contribution in [0.4, 0.5) is 0 Å². The molecule has 0 aromatic rings. The van der Waals surface area contributed by atoms with Gasteiger partial charge in [0, 0.05) is 6.42 Å². The fourth-order valence-corrected chi connectivity index (χ4v) is 1.93. The van der Waals surface area contributed by atoms with Gasteiger partial charge in [0.15, 0.2) is 5.78 Å². The quantitative estimate of drug-likeness (QED) is 0.668. The van der Waals surface area contributed by atoms with E-state index in [-0.39, 0.29) is 5.54 Å². The van der Waals surface area contributed by atoms with E-state index in [4.69, 9.17) is 0 Å². The second kappa shape index (κ2) is 4.23. The van der Waals surface area contributed by atoms with Gasteiger partial charge in [-0.25, -0.2) is 0 Å². The highest BCUT2D eigenvalue weighted by Gasteiger charge is 2.36. The maximum Gasteiger partial charge on any atom is 0.152 e. The van der Waals surface area contributed by atoms with E-state index in [0.29, 0.717) is 5.78 Å². The minimum absolute atomic E-state index is 0.201. The second-order valence-electron chi connectivity index (χ2n) is 4.43. The molecule has 1 rings (SSSR count). The first-order valence-electron chi connectivity index (χ1n) is 5.37. The molecule has 2 nitrogen and oxygen atoms in total. The largest absolute Gasteiger partial charge is 0.298 e. The molecule has 0 atom stereocenters. The zero-order chi connectivity index (χ0) is 9.90. The molecule has 13 heavy (non-hydrogen) atoms. The molecule has 0 spiro atoms. The lowest BCUT2D eigenvalue weighted by Crippen LogP contribution is -2.53. The van der Waals surface area contributed by atoms with Crippen LogP contribution in [0, 0.1) is 0 Å². The van der Waals surface area contributed by atoms with Gasteiger partial charge in [0.2, 0.25) is 0 Å². The Kier molecular flexibility index (Phi) is 3.48. The van der Waals surface area contributed by atoms with E-state index in [1.54, 1.807) is 0 Å². The summed E-state index contributed by atoms with van der Waals surface area (Å²) in [5.74, 6) is 0.412. The number of rotatable bonds is 3. The summed E-state index contributed by atoms with van der Waals surface area (Å²) in [6.07, 6.45) is 4.24. The summed E-state index contributed by atoms with van der Waals surface area (Å²) in [6, 6.07) is 0. The summed E-state index contributed by atoms with van der Waals surface area (Å²) < 4.78 is 0. The molecule has 0 bridgehead atoms. The molecular formula is C11H21NO. The van der Waals surface area contributed by atoms with Crippen LogP contribution in [0.3, 0.4) is 0 Å². The number of piperidine rings is 1. The van der Waals surface area contributed by atoms with Crippen LogP contribution in [0.5, 0.6) is 0 Å². The summed E-state index contributed by atoms with van der Waals surface area (Å²) in [7, 11) is 0. The highest BCUT2D eigenvalue weighted by molar-refractivity contribution is 5.88. The number of nitrogens with zero attached hydrogens (tertiary/aromatic N) is 1. The Morgan fingerprint density at radius 3 is 2.77 bits per heavy atom. The number of hydrogen-bond acceptors (Lipinski definition) is 2. The summed E-state index contributed by atoms with van der Waals surface area (Å²) in [4.78, 5) is 14.0. The predicted molar refractivity (Wildman–Crippen MR) is 54.8 cm³/mol. The number of ketones is 1. The van der Waals surface area contributed by atoms with Crippen molar-refractivity contribution in [2.75, 3.05) is 13.1 Å². The monoisotopic (exact) mass is 183 g/mol. The zero-order valence-corrected chi connectivity index (χ0v) is 9.10. The van der Waals surface area contributed by atoms with Gasteiger partial charge in [0.05, 0.1) is 5.54 Å². The summed E-state index contributed by atoms with van der Waals surface area (Å²) >= 11 is 0. The van der Waals surface area contributed by atoms with E-state index in [2.05, 4.69) is 25.7 Å². The van der Waals surface area contributed by atoms with Crippen LogP contribution >= 0.6 is 0 Å². The van der Waals surface area contributed by atoms with Crippen molar-refractivity contribution in [1.29, 1.82) is 0 Å². The predicted octanol–water partition coefficient (Wildman–Crippen LogP) is 2.23. The molecule has 0 N–H and O–H groups in total. The van der Waals surface area contributed by atoms with Crippen molar-refractivity contribution < 1.29 is 4.79 Å². The minimum atomic E-state index is -0.201. The van der Waals surface area contributed by atoms with Crippen molar-refractivity contribution in [3.8, 4) is 0 Å². The summed E-state index contributed by atoms with van der Waals surface area (Å²) in [5.41, 5.74) is -0.201. The average molecular weight is 183 g/mol. The first-order chi connectivity index (χ1) is 6.09. The molecule has 0 aromatic heterocycles. The van der Waals surface area contributed by atoms with E-state index >= 15 is 0 Å². The first-order valence-corrected chi connectivity index (χ1v) is 5.37. The SMILES string of the molecule is CCCCN1CCCC(=O)C1(C)C. The third kappa shape index (κ3) is 2.31. The van der Waals surface area contributed by atoms with Crippen molar-refractivity contribution in [2.24, 2.45) is 0 Å². The number of Topliss-reactive ketones (excluding diaryl/α,β-unsaturated/α-hetero) is 1. The Morgan fingerprint density at radius 1 is 1.46 bits per heavy atom. The highest BCUT2D eigenvalue weighted by Crippen LogP contribution is 2.24. The minimum Gasteiger partial charge on any atom is -0.298 e. The molecule has 0 aliphatic carbocycles. The van der Waals surface area contributed by atoms with E-state index in [1.807, 2.05) is 0 Å². The Hall–Kier alpha value is -0.370. The molecular weight excluding hydrogens is 162 g/mol. The molecule has 2 heteroatoms. The molecule has 0 unspecified atom stereocenters. The molecule has 1 fully saturated rings. The smallest absolute Gasteiger partial charge is 0.152 e. The lowest BCUT2D eigenvalue weighted by Gasteiger charge is -2.41. The normalized spacial score (nSPS) is 23.5. The summed E-state index contributed by atoms with van der Waals surface area (Å²) in [5, 5.41) is 0. The van der Waals surface area contributed by atoms with Gasteiger partial charge in [0.25, 0.3) is 0 Å². The fraction of sp³-hybridized carbons (Fsp3) is 0.909. The number of carbonyl (C=O) groups excluding carboxylic acids is 1. The van der Waals surface area contributed by atoms with E-state index in [0.717, 1.165) is 25.9 Å². The summed E-state index contributed by atoms with van der Waals surface area (Å²) in [6.45, 7) is 8.49. The number of likely N-dealkylation sites (tertiary alicyclic amines) is 1. The molecule has 1 saturated heterocycles. The van der Waals surface area contributed by atoms with Gasteiger partial charge in [-0.15, -0.1) is 0 Å². The lowest BCUT2D eigenvalue weighted by molar-refractivity contribution is -0.132. The fourth-order valence-electron chi connectivity index (χ4n) is 1.93. The lowest BCUT2D eigenvalue weighted by atomic mass is 9.89. The van der Waals surface area contributed by atoms with E-state index in [9.17, 15) is 4.79 Å². The Morgan fingerprint density at radius 2 is 2.15 bits per heavy atom. The third-order valence-electron chi connectivity index (χ3n) is 3.09. The van der Waals surface area contributed by atoms with Crippen molar-refractivity contribution >= 4 is 5.78 Å². The van der Waals surface area contributed by atoms with Gasteiger partial charge >= 0.3 is 0 Å². The molecule has 0 saturated carbocycles. The second-order valence-corrected chi connectivity index (χ2v) is 4.43. The topological polar surface area (TPSA) is 20.3 Å². The number of unbranched alkanes of at least 4 members (excludes halogenated alkanes) is 1. The van der Waals surface area contributed by atoms with Gasteiger partial charge in [-0.3, -0.25) is 9.69 Å². The Bertz CT molecular complexity index is 187. The molecule has 76 valence electrons. The molecule has 0 amide bonds.